The molecule has 0 heterocycles. The van der Waals surface area contributed by atoms with Crippen LogP contribution < -0.4 is 0 Å². The lowest BCUT2D eigenvalue weighted by Crippen LogP contribution is -2.51. The average molecular weight is 327 g/mol. The van der Waals surface area contributed by atoms with E-state index in [0.29, 0.717) is 0 Å². The summed E-state index contributed by atoms with van der Waals surface area (Å²) in [6, 6.07) is 0. The van der Waals surface area contributed by atoms with Gasteiger partial charge in [-0.2, -0.15) is 0 Å². The molecule has 0 aliphatic heterocycles. The van der Waals surface area contributed by atoms with Gasteiger partial charge in [-0.3, -0.25) is 0 Å². The third kappa shape index (κ3) is 4.23. The highest BCUT2D eigenvalue weighted by molar-refractivity contribution is 6.81. The molecule has 0 N–H and O–H groups in total. The van der Waals surface area contributed by atoms with Crippen molar-refractivity contribution in [2.24, 2.45) is 0 Å². The molecule has 0 saturated heterocycles. The zero-order valence-corrected chi connectivity index (χ0v) is 17.4. The van der Waals surface area contributed by atoms with Gasteiger partial charge in [0.15, 0.2) is 8.32 Å². The Balaban J connectivity index is 2.05. The average Bonchev–Trinajstić information content (AvgIpc) is 2.49. The van der Waals surface area contributed by atoms with Crippen LogP contribution in [0.2, 0.25) is 22.2 Å². The largest absolute Gasteiger partial charge is 0.459 e. The fraction of sp³-hybridized carbons (Fsp3) is 1.00. The molecule has 2 rings (SSSR count). The lowest BCUT2D eigenvalue weighted by Gasteiger charge is -2.47. The van der Waals surface area contributed by atoms with Gasteiger partial charge in [0, 0.05) is 0 Å². The molecule has 124 valence electrons. The van der Waals surface area contributed by atoms with E-state index < -0.39 is 8.32 Å². The lowest BCUT2D eigenvalue weighted by atomic mass is 10.0. The summed E-state index contributed by atoms with van der Waals surface area (Å²) in [6.45, 7) is 9.93. The summed E-state index contributed by atoms with van der Waals surface area (Å²) in [6.07, 6.45) is 14.7. The van der Waals surface area contributed by atoms with E-state index in [-0.39, 0.29) is 9.76 Å². The summed E-state index contributed by atoms with van der Waals surface area (Å²) in [7, 11) is -1.88. The zero-order chi connectivity index (χ0) is 15.3. The van der Waals surface area contributed by atoms with E-state index in [1.54, 1.807) is 0 Å². The molecule has 0 atom stereocenters. The number of hydrogen-bond donors (Lipinski definition) is 0. The molecular weight excluding hydrogens is 288 g/mol. The van der Waals surface area contributed by atoms with Crippen molar-refractivity contribution in [3.8, 4) is 0 Å². The Morgan fingerprint density at radius 3 is 1.71 bits per heavy atom. The second kappa shape index (κ2) is 8.30. The van der Waals surface area contributed by atoms with Crippen LogP contribution in [-0.4, -0.2) is 18.1 Å². The summed E-state index contributed by atoms with van der Waals surface area (Å²) in [5.74, 6) is 0. The summed E-state index contributed by atoms with van der Waals surface area (Å²) in [5.41, 5.74) is 3.57. The van der Waals surface area contributed by atoms with Crippen LogP contribution in [0.15, 0.2) is 0 Å². The van der Waals surface area contributed by atoms with Crippen molar-refractivity contribution in [2.45, 2.75) is 114 Å². The molecule has 0 bridgehead atoms. The van der Waals surface area contributed by atoms with Gasteiger partial charge in [0.1, 0.15) is 9.76 Å². The Hall–Kier alpha value is 0.394. The van der Waals surface area contributed by atoms with Gasteiger partial charge in [-0.25, -0.2) is 0 Å². The molecule has 0 aromatic carbocycles. The van der Waals surface area contributed by atoms with Crippen molar-refractivity contribution >= 4 is 18.1 Å². The monoisotopic (exact) mass is 326 g/mol. The van der Waals surface area contributed by atoms with E-state index in [0.717, 1.165) is 22.2 Å². The molecule has 0 radical (unpaired) electrons. The molecule has 2 aliphatic rings. The highest BCUT2D eigenvalue weighted by atomic mass is 28.4. The standard InChI is InChI=1S/C18H38OSi2/c1-15(2)21(16(3)4,18-13-9-6-10-14-18)19-20-17-11-7-5-8-12-17/h15-18H,5-14,20H2,1-4H3. The van der Waals surface area contributed by atoms with Gasteiger partial charge in [-0.1, -0.05) is 91.9 Å². The second-order valence-electron chi connectivity index (χ2n) is 8.31. The Morgan fingerprint density at radius 2 is 1.24 bits per heavy atom. The molecule has 1 nitrogen and oxygen atoms in total. The molecule has 2 saturated carbocycles. The summed E-state index contributed by atoms with van der Waals surface area (Å²) in [5, 5.41) is 0. The maximum absolute atomic E-state index is 7.11. The van der Waals surface area contributed by atoms with Crippen LogP contribution in [0.4, 0.5) is 0 Å². The van der Waals surface area contributed by atoms with Crippen LogP contribution in [0.1, 0.15) is 91.9 Å². The number of rotatable bonds is 6. The Morgan fingerprint density at radius 1 is 0.762 bits per heavy atom. The quantitative estimate of drug-likeness (QED) is 0.549. The lowest BCUT2D eigenvalue weighted by molar-refractivity contribution is 0.403. The highest BCUT2D eigenvalue weighted by Gasteiger charge is 2.48. The maximum atomic E-state index is 7.11. The van der Waals surface area contributed by atoms with Gasteiger partial charge in [0.25, 0.3) is 0 Å². The van der Waals surface area contributed by atoms with Crippen LogP contribution in [-0.2, 0) is 4.12 Å². The van der Waals surface area contributed by atoms with Crippen molar-refractivity contribution in [1.29, 1.82) is 0 Å². The maximum Gasteiger partial charge on any atom is 0.187 e. The van der Waals surface area contributed by atoms with Gasteiger partial charge >= 0.3 is 0 Å². The van der Waals surface area contributed by atoms with Crippen molar-refractivity contribution in [2.75, 3.05) is 0 Å². The third-order valence-electron chi connectivity index (χ3n) is 6.34. The van der Waals surface area contributed by atoms with Gasteiger partial charge in [0.05, 0.1) is 0 Å². The minimum atomic E-state index is -1.57. The topological polar surface area (TPSA) is 9.23 Å². The number of hydrogen-bond acceptors (Lipinski definition) is 1. The minimum absolute atomic E-state index is 0.307. The molecule has 0 aromatic heterocycles. The van der Waals surface area contributed by atoms with Crippen LogP contribution >= 0.6 is 0 Å². The molecule has 2 fully saturated rings. The van der Waals surface area contributed by atoms with Gasteiger partial charge in [-0.05, 0) is 22.2 Å². The fourth-order valence-corrected chi connectivity index (χ4v) is 16.4. The van der Waals surface area contributed by atoms with Crippen LogP contribution in [0.25, 0.3) is 0 Å². The van der Waals surface area contributed by atoms with E-state index >= 15 is 0 Å². The van der Waals surface area contributed by atoms with Crippen LogP contribution in [0, 0.1) is 0 Å². The van der Waals surface area contributed by atoms with Crippen molar-refractivity contribution in [3.05, 3.63) is 0 Å². The first-order chi connectivity index (χ1) is 10.1. The van der Waals surface area contributed by atoms with Crippen molar-refractivity contribution in [3.63, 3.8) is 0 Å². The summed E-state index contributed by atoms with van der Waals surface area (Å²) < 4.78 is 7.11. The predicted molar refractivity (Wildman–Crippen MR) is 99.2 cm³/mol. The van der Waals surface area contributed by atoms with Crippen molar-refractivity contribution < 1.29 is 4.12 Å². The molecule has 0 spiro atoms. The third-order valence-corrected chi connectivity index (χ3v) is 15.8. The zero-order valence-electron chi connectivity index (χ0n) is 15.0. The smallest absolute Gasteiger partial charge is 0.187 e. The molecule has 0 aromatic rings. The van der Waals surface area contributed by atoms with E-state index in [1.807, 2.05) is 0 Å². The molecule has 3 heteroatoms. The fourth-order valence-electron chi connectivity index (χ4n) is 5.23. The second-order valence-corrected chi connectivity index (χ2v) is 15.8. The van der Waals surface area contributed by atoms with E-state index in [4.69, 9.17) is 4.12 Å². The molecule has 21 heavy (non-hydrogen) atoms. The van der Waals surface area contributed by atoms with Gasteiger partial charge in [0.2, 0.25) is 0 Å². The SMILES string of the molecule is CC(C)[Si](O[SiH2]C1CCCCC1)(C(C)C)C1CCCCC1. The summed E-state index contributed by atoms with van der Waals surface area (Å²) >= 11 is 0. The van der Waals surface area contributed by atoms with Gasteiger partial charge in [-0.15, -0.1) is 0 Å². The van der Waals surface area contributed by atoms with Gasteiger partial charge < -0.3 is 4.12 Å². The predicted octanol–water partition coefficient (Wildman–Crippen LogP) is 5.94. The first-order valence-electron chi connectivity index (χ1n) is 9.71. The van der Waals surface area contributed by atoms with Crippen LogP contribution in [0.3, 0.4) is 0 Å². The Kier molecular flexibility index (Phi) is 7.02. The minimum Gasteiger partial charge on any atom is -0.459 e. The molecule has 2 aliphatic carbocycles. The van der Waals surface area contributed by atoms with Crippen molar-refractivity contribution in [1.82, 2.24) is 0 Å². The van der Waals surface area contributed by atoms with E-state index in [2.05, 4.69) is 27.7 Å². The van der Waals surface area contributed by atoms with E-state index in [1.165, 1.54) is 64.2 Å². The Bertz CT molecular complexity index is 284. The van der Waals surface area contributed by atoms with Crippen LogP contribution in [0.5, 0.6) is 0 Å². The summed E-state index contributed by atoms with van der Waals surface area (Å²) in [4.78, 5) is 0. The van der Waals surface area contributed by atoms with E-state index in [9.17, 15) is 0 Å². The molecule has 0 amide bonds. The first-order valence-corrected chi connectivity index (χ1v) is 13.2. The normalized spacial score (nSPS) is 23.7. The highest BCUT2D eigenvalue weighted by Crippen LogP contribution is 2.49. The molecule has 0 unspecified atom stereocenters. The first kappa shape index (κ1) is 17.7. The Labute approximate surface area is 136 Å². The molecular formula is C18H38OSi2.